The summed E-state index contributed by atoms with van der Waals surface area (Å²) in [6, 6.07) is 9.04. The van der Waals surface area contributed by atoms with Gasteiger partial charge in [0.25, 0.3) is 0 Å². The zero-order valence-corrected chi connectivity index (χ0v) is 10.4. The van der Waals surface area contributed by atoms with Gasteiger partial charge in [-0.15, -0.1) is 0 Å². The van der Waals surface area contributed by atoms with E-state index in [0.717, 1.165) is 0 Å². The first kappa shape index (κ1) is 14.2. The van der Waals surface area contributed by atoms with Crippen molar-refractivity contribution >= 4 is 17.5 Å². The summed E-state index contributed by atoms with van der Waals surface area (Å²) in [6.45, 7) is 2.53. The smallest absolute Gasteiger partial charge is 0.316 e. The number of aliphatic hydroxyl groups is 1. The van der Waals surface area contributed by atoms with Crippen LogP contribution in [0.15, 0.2) is 30.3 Å². The molecule has 0 saturated heterocycles. The largest absolute Gasteiger partial charge is 0.396 e. The van der Waals surface area contributed by atoms with E-state index in [9.17, 15) is 9.59 Å². The number of amides is 2. The lowest BCUT2D eigenvalue weighted by Crippen LogP contribution is -2.43. The summed E-state index contributed by atoms with van der Waals surface area (Å²) in [4.78, 5) is 24.9. The third kappa shape index (κ3) is 3.85. The molecular weight excluding hydrogens is 232 g/mol. The zero-order chi connectivity index (χ0) is 13.4. The van der Waals surface area contributed by atoms with Crippen molar-refractivity contribution in [3.05, 3.63) is 30.3 Å². The Hall–Kier alpha value is -1.88. The summed E-state index contributed by atoms with van der Waals surface area (Å²) in [5.41, 5.74) is 0.697. The molecule has 0 heterocycles. The second-order valence-electron chi connectivity index (χ2n) is 3.72. The molecule has 0 fully saturated rings. The molecule has 1 rings (SSSR count). The Labute approximate surface area is 106 Å². The van der Waals surface area contributed by atoms with E-state index in [1.807, 2.05) is 25.1 Å². The number of nitrogens with one attached hydrogen (secondary N) is 1. The Balaban J connectivity index is 2.65. The van der Waals surface area contributed by atoms with Gasteiger partial charge in [-0.1, -0.05) is 18.2 Å². The maximum atomic E-state index is 11.9. The van der Waals surface area contributed by atoms with Gasteiger partial charge in [-0.25, -0.2) is 0 Å². The molecule has 98 valence electrons. The van der Waals surface area contributed by atoms with Crippen LogP contribution in [0.1, 0.15) is 13.3 Å². The molecule has 0 radical (unpaired) electrons. The second-order valence-corrected chi connectivity index (χ2v) is 3.72. The van der Waals surface area contributed by atoms with Crippen molar-refractivity contribution in [2.75, 3.05) is 24.6 Å². The average molecular weight is 250 g/mol. The van der Waals surface area contributed by atoms with E-state index in [0.29, 0.717) is 25.2 Å². The Bertz CT molecular complexity index is 392. The molecule has 0 spiro atoms. The van der Waals surface area contributed by atoms with Crippen molar-refractivity contribution in [2.24, 2.45) is 0 Å². The number of nitrogens with zero attached hydrogens (tertiary/aromatic N) is 1. The fourth-order valence-corrected chi connectivity index (χ4v) is 1.53. The molecule has 1 aromatic carbocycles. The van der Waals surface area contributed by atoms with Crippen molar-refractivity contribution in [1.82, 2.24) is 5.32 Å². The van der Waals surface area contributed by atoms with E-state index in [-0.39, 0.29) is 6.61 Å². The summed E-state index contributed by atoms with van der Waals surface area (Å²) in [7, 11) is 0. The molecule has 0 aliphatic heterocycles. The van der Waals surface area contributed by atoms with Gasteiger partial charge in [-0.3, -0.25) is 9.59 Å². The highest BCUT2D eigenvalue weighted by Gasteiger charge is 2.21. The molecule has 0 bridgehead atoms. The quantitative estimate of drug-likeness (QED) is 0.592. The third-order valence-electron chi connectivity index (χ3n) is 2.44. The molecule has 18 heavy (non-hydrogen) atoms. The van der Waals surface area contributed by atoms with E-state index in [1.54, 1.807) is 12.1 Å². The van der Waals surface area contributed by atoms with Crippen LogP contribution in [0.3, 0.4) is 0 Å². The van der Waals surface area contributed by atoms with Gasteiger partial charge >= 0.3 is 11.8 Å². The highest BCUT2D eigenvalue weighted by molar-refractivity contribution is 6.40. The first-order valence-electron chi connectivity index (χ1n) is 5.96. The van der Waals surface area contributed by atoms with E-state index in [4.69, 9.17) is 5.11 Å². The zero-order valence-electron chi connectivity index (χ0n) is 10.4. The monoisotopic (exact) mass is 250 g/mol. The number of aliphatic hydroxyl groups excluding tert-OH is 1. The Morgan fingerprint density at radius 1 is 1.28 bits per heavy atom. The van der Waals surface area contributed by atoms with Gasteiger partial charge in [-0.2, -0.15) is 0 Å². The SMILES string of the molecule is CCN(C(=O)C(=O)NCCCO)c1ccccc1. The number of carbonyl (C=O) groups excluding carboxylic acids is 2. The Kier molecular flexibility index (Phi) is 5.87. The molecule has 0 saturated carbocycles. The summed E-state index contributed by atoms with van der Waals surface area (Å²) in [5, 5.41) is 11.1. The molecule has 5 nitrogen and oxygen atoms in total. The van der Waals surface area contributed by atoms with Crippen molar-refractivity contribution < 1.29 is 14.7 Å². The van der Waals surface area contributed by atoms with Crippen molar-refractivity contribution in [1.29, 1.82) is 0 Å². The predicted octanol–water partition coefficient (Wildman–Crippen LogP) is 0.538. The predicted molar refractivity (Wildman–Crippen MR) is 69.2 cm³/mol. The minimum atomic E-state index is -0.644. The number of hydrogen-bond donors (Lipinski definition) is 2. The molecule has 0 aliphatic carbocycles. The first-order valence-corrected chi connectivity index (χ1v) is 5.96. The van der Waals surface area contributed by atoms with E-state index in [1.165, 1.54) is 4.90 Å². The van der Waals surface area contributed by atoms with Crippen LogP contribution < -0.4 is 10.2 Å². The summed E-state index contributed by atoms with van der Waals surface area (Å²) in [5.74, 6) is -1.23. The van der Waals surface area contributed by atoms with E-state index < -0.39 is 11.8 Å². The molecule has 0 unspecified atom stereocenters. The van der Waals surface area contributed by atoms with Gasteiger partial charge in [0.1, 0.15) is 0 Å². The molecule has 5 heteroatoms. The molecule has 0 aliphatic rings. The molecule has 2 amide bonds. The number of rotatable bonds is 5. The highest BCUT2D eigenvalue weighted by atomic mass is 16.3. The minimum absolute atomic E-state index is 0.00928. The van der Waals surface area contributed by atoms with Crippen LogP contribution in [0.4, 0.5) is 5.69 Å². The third-order valence-corrected chi connectivity index (χ3v) is 2.44. The number of hydrogen-bond acceptors (Lipinski definition) is 3. The number of anilines is 1. The van der Waals surface area contributed by atoms with Crippen LogP contribution in [0.2, 0.25) is 0 Å². The fraction of sp³-hybridized carbons (Fsp3) is 0.385. The highest BCUT2D eigenvalue weighted by Crippen LogP contribution is 2.12. The van der Waals surface area contributed by atoms with Crippen LogP contribution >= 0.6 is 0 Å². The molecule has 1 aromatic rings. The maximum absolute atomic E-state index is 11.9. The van der Waals surface area contributed by atoms with Crippen molar-refractivity contribution in [2.45, 2.75) is 13.3 Å². The van der Waals surface area contributed by atoms with Crippen LogP contribution in [-0.2, 0) is 9.59 Å². The number of carbonyl (C=O) groups is 2. The topological polar surface area (TPSA) is 69.6 Å². The second kappa shape index (κ2) is 7.45. The van der Waals surface area contributed by atoms with E-state index >= 15 is 0 Å². The van der Waals surface area contributed by atoms with Crippen molar-refractivity contribution in [3.63, 3.8) is 0 Å². The molecule has 0 aromatic heterocycles. The number of benzene rings is 1. The lowest BCUT2D eigenvalue weighted by atomic mass is 10.2. The normalized spacial score (nSPS) is 9.89. The lowest BCUT2D eigenvalue weighted by molar-refractivity contribution is -0.137. The standard InChI is InChI=1S/C13H18N2O3/c1-2-15(11-7-4-3-5-8-11)13(18)12(17)14-9-6-10-16/h3-5,7-8,16H,2,6,9-10H2,1H3,(H,14,17). The van der Waals surface area contributed by atoms with Gasteiger partial charge in [-0.05, 0) is 25.5 Å². The molecule has 2 N–H and O–H groups in total. The lowest BCUT2D eigenvalue weighted by Gasteiger charge is -2.20. The van der Waals surface area contributed by atoms with Gasteiger partial charge in [0.15, 0.2) is 0 Å². The van der Waals surface area contributed by atoms with Gasteiger partial charge in [0.2, 0.25) is 0 Å². The van der Waals surface area contributed by atoms with Crippen LogP contribution in [-0.4, -0.2) is 36.6 Å². The Morgan fingerprint density at radius 2 is 1.94 bits per heavy atom. The van der Waals surface area contributed by atoms with E-state index in [2.05, 4.69) is 5.32 Å². The van der Waals surface area contributed by atoms with Gasteiger partial charge in [0.05, 0.1) is 0 Å². The molecule has 0 atom stereocenters. The first-order chi connectivity index (χ1) is 8.70. The molecular formula is C13H18N2O3. The van der Waals surface area contributed by atoms with Crippen LogP contribution in [0.5, 0.6) is 0 Å². The number of para-hydroxylation sites is 1. The Morgan fingerprint density at radius 3 is 2.50 bits per heavy atom. The van der Waals surface area contributed by atoms with Crippen LogP contribution in [0, 0.1) is 0 Å². The summed E-state index contributed by atoms with van der Waals surface area (Å²) >= 11 is 0. The maximum Gasteiger partial charge on any atom is 0.316 e. The van der Waals surface area contributed by atoms with Gasteiger partial charge in [0, 0.05) is 25.4 Å². The average Bonchev–Trinajstić information content (AvgIpc) is 2.41. The summed E-state index contributed by atoms with van der Waals surface area (Å²) < 4.78 is 0. The fourth-order valence-electron chi connectivity index (χ4n) is 1.53. The number of likely N-dealkylation sites (N-methyl/N-ethyl adjacent to an activating group) is 1. The minimum Gasteiger partial charge on any atom is -0.396 e. The van der Waals surface area contributed by atoms with Gasteiger partial charge < -0.3 is 15.3 Å². The van der Waals surface area contributed by atoms with Crippen LogP contribution in [0.25, 0.3) is 0 Å². The summed E-state index contributed by atoms with van der Waals surface area (Å²) in [6.07, 6.45) is 0.441. The van der Waals surface area contributed by atoms with Crippen molar-refractivity contribution in [3.8, 4) is 0 Å².